The molecular weight excluding hydrogens is 204 g/mol. The number of hydrogen-bond donors (Lipinski definition) is 2. The smallest absolute Gasteiger partial charge is 0.336 e. The Labute approximate surface area is 94.7 Å². The van der Waals surface area contributed by atoms with Crippen molar-refractivity contribution in [2.24, 2.45) is 0 Å². The van der Waals surface area contributed by atoms with Crippen LogP contribution in [0.3, 0.4) is 0 Å². The number of benzene rings is 1. The first kappa shape index (κ1) is 11.0. The highest BCUT2D eigenvalue weighted by atomic mass is 16.4. The maximum absolute atomic E-state index is 11.1. The summed E-state index contributed by atoms with van der Waals surface area (Å²) in [7, 11) is 0. The van der Waals surface area contributed by atoms with Gasteiger partial charge in [0.25, 0.3) is 0 Å². The molecule has 0 saturated carbocycles. The minimum Gasteiger partial charge on any atom is -0.478 e. The van der Waals surface area contributed by atoms with Gasteiger partial charge in [0.2, 0.25) is 0 Å². The van der Waals surface area contributed by atoms with E-state index in [0.717, 1.165) is 18.7 Å². The third-order valence-electron chi connectivity index (χ3n) is 3.02. The number of nitrogen functional groups attached to an aromatic ring is 1. The Hall–Kier alpha value is -1.55. The summed E-state index contributed by atoms with van der Waals surface area (Å²) in [6.07, 6.45) is 2.38. The van der Waals surface area contributed by atoms with Gasteiger partial charge in [-0.1, -0.05) is 6.07 Å². The molecule has 1 heterocycles. The average Bonchev–Trinajstić information content (AvgIpc) is 2.73. The van der Waals surface area contributed by atoms with Crippen LogP contribution in [0.1, 0.15) is 28.8 Å². The summed E-state index contributed by atoms with van der Waals surface area (Å²) >= 11 is 0. The molecule has 0 spiro atoms. The topological polar surface area (TPSA) is 66.6 Å². The summed E-state index contributed by atoms with van der Waals surface area (Å²) in [5.74, 6) is -0.901. The lowest BCUT2D eigenvalue weighted by molar-refractivity contribution is 0.0695. The molecule has 1 aliphatic heterocycles. The van der Waals surface area contributed by atoms with Crippen LogP contribution in [0.25, 0.3) is 0 Å². The van der Waals surface area contributed by atoms with E-state index in [0.29, 0.717) is 17.8 Å². The van der Waals surface area contributed by atoms with Crippen LogP contribution in [-0.4, -0.2) is 29.1 Å². The van der Waals surface area contributed by atoms with Crippen molar-refractivity contribution in [1.82, 2.24) is 4.90 Å². The van der Waals surface area contributed by atoms with E-state index >= 15 is 0 Å². The van der Waals surface area contributed by atoms with Gasteiger partial charge in [-0.15, -0.1) is 0 Å². The van der Waals surface area contributed by atoms with Crippen LogP contribution < -0.4 is 5.73 Å². The summed E-state index contributed by atoms with van der Waals surface area (Å²) in [5, 5.41) is 9.09. The third kappa shape index (κ3) is 2.17. The summed E-state index contributed by atoms with van der Waals surface area (Å²) in [4.78, 5) is 13.3. The minimum atomic E-state index is -0.901. The van der Waals surface area contributed by atoms with E-state index in [2.05, 4.69) is 4.90 Å². The van der Waals surface area contributed by atoms with E-state index in [9.17, 15) is 4.79 Å². The Balaban J connectivity index is 2.26. The van der Waals surface area contributed by atoms with Crippen LogP contribution in [0, 0.1) is 0 Å². The van der Waals surface area contributed by atoms with Crippen LogP contribution >= 0.6 is 0 Å². The fourth-order valence-electron chi connectivity index (χ4n) is 2.15. The van der Waals surface area contributed by atoms with Gasteiger partial charge in [-0.25, -0.2) is 4.79 Å². The molecule has 0 amide bonds. The summed E-state index contributed by atoms with van der Waals surface area (Å²) in [6, 6.07) is 5.06. The van der Waals surface area contributed by atoms with Gasteiger partial charge in [-0.3, -0.25) is 4.90 Å². The molecule has 2 rings (SSSR count). The van der Waals surface area contributed by atoms with Gasteiger partial charge in [0.1, 0.15) is 0 Å². The van der Waals surface area contributed by atoms with E-state index in [1.54, 1.807) is 18.2 Å². The highest BCUT2D eigenvalue weighted by Crippen LogP contribution is 2.21. The van der Waals surface area contributed by atoms with E-state index < -0.39 is 5.97 Å². The largest absolute Gasteiger partial charge is 0.478 e. The van der Waals surface area contributed by atoms with Crippen molar-refractivity contribution in [2.75, 3.05) is 18.8 Å². The van der Waals surface area contributed by atoms with Crippen LogP contribution in [0.4, 0.5) is 5.69 Å². The fraction of sp³-hybridized carbons (Fsp3) is 0.417. The number of carbonyl (C=O) groups is 1. The van der Waals surface area contributed by atoms with Gasteiger partial charge < -0.3 is 10.8 Å². The molecule has 0 unspecified atom stereocenters. The number of nitrogens with two attached hydrogens (primary N) is 1. The molecule has 1 aromatic carbocycles. The fourth-order valence-corrected chi connectivity index (χ4v) is 2.15. The van der Waals surface area contributed by atoms with Crippen LogP contribution in [0.5, 0.6) is 0 Å². The third-order valence-corrected chi connectivity index (χ3v) is 3.02. The van der Waals surface area contributed by atoms with Crippen molar-refractivity contribution in [3.8, 4) is 0 Å². The summed E-state index contributed by atoms with van der Waals surface area (Å²) in [5.41, 5.74) is 7.50. The number of anilines is 1. The van der Waals surface area contributed by atoms with E-state index in [-0.39, 0.29) is 0 Å². The van der Waals surface area contributed by atoms with Gasteiger partial charge in [0.05, 0.1) is 5.56 Å². The molecule has 1 fully saturated rings. The molecule has 16 heavy (non-hydrogen) atoms. The first-order valence-electron chi connectivity index (χ1n) is 5.51. The molecule has 0 aromatic heterocycles. The number of nitrogens with zero attached hydrogens (tertiary/aromatic N) is 1. The molecule has 0 bridgehead atoms. The lowest BCUT2D eigenvalue weighted by Crippen LogP contribution is -2.21. The molecule has 0 aliphatic carbocycles. The molecule has 1 aromatic rings. The van der Waals surface area contributed by atoms with E-state index in [1.807, 2.05) is 0 Å². The van der Waals surface area contributed by atoms with Crippen LogP contribution in [-0.2, 0) is 6.54 Å². The van der Waals surface area contributed by atoms with Gasteiger partial charge in [-0.2, -0.15) is 0 Å². The molecule has 86 valence electrons. The Morgan fingerprint density at radius 2 is 2.06 bits per heavy atom. The standard InChI is InChI=1S/C12H16N2O2/c13-11-5-3-4-9(12(15)16)10(11)8-14-6-1-2-7-14/h3-5H,1-2,6-8,13H2,(H,15,16). The second-order valence-electron chi connectivity index (χ2n) is 4.16. The highest BCUT2D eigenvalue weighted by Gasteiger charge is 2.18. The predicted octanol–water partition coefficient (Wildman–Crippen LogP) is 1.56. The van der Waals surface area contributed by atoms with Gasteiger partial charge >= 0.3 is 5.97 Å². The van der Waals surface area contributed by atoms with Gasteiger partial charge in [0.15, 0.2) is 0 Å². The lowest BCUT2D eigenvalue weighted by Gasteiger charge is -2.17. The van der Waals surface area contributed by atoms with Crippen molar-refractivity contribution >= 4 is 11.7 Å². The number of likely N-dealkylation sites (tertiary alicyclic amines) is 1. The molecule has 1 aliphatic rings. The first-order valence-corrected chi connectivity index (χ1v) is 5.51. The minimum absolute atomic E-state index is 0.326. The second-order valence-corrected chi connectivity index (χ2v) is 4.16. The number of carboxylic acid groups (broad SMARTS) is 1. The van der Waals surface area contributed by atoms with Crippen molar-refractivity contribution < 1.29 is 9.90 Å². The zero-order valence-electron chi connectivity index (χ0n) is 9.15. The second kappa shape index (κ2) is 4.53. The molecular formula is C12H16N2O2. The zero-order valence-corrected chi connectivity index (χ0v) is 9.15. The quantitative estimate of drug-likeness (QED) is 0.759. The van der Waals surface area contributed by atoms with Crippen molar-refractivity contribution in [2.45, 2.75) is 19.4 Å². The summed E-state index contributed by atoms with van der Waals surface area (Å²) in [6.45, 7) is 2.72. The molecule has 0 atom stereocenters. The Morgan fingerprint density at radius 3 is 2.69 bits per heavy atom. The Bertz CT molecular complexity index is 398. The van der Waals surface area contributed by atoms with Crippen LogP contribution in [0.2, 0.25) is 0 Å². The first-order chi connectivity index (χ1) is 7.68. The predicted molar refractivity (Wildman–Crippen MR) is 62.3 cm³/mol. The number of rotatable bonds is 3. The molecule has 4 nitrogen and oxygen atoms in total. The van der Waals surface area contributed by atoms with E-state index in [4.69, 9.17) is 10.8 Å². The number of hydrogen-bond acceptors (Lipinski definition) is 3. The maximum atomic E-state index is 11.1. The van der Waals surface area contributed by atoms with Crippen LogP contribution in [0.15, 0.2) is 18.2 Å². The molecule has 0 radical (unpaired) electrons. The Morgan fingerprint density at radius 1 is 1.38 bits per heavy atom. The molecule has 1 saturated heterocycles. The number of carboxylic acids is 1. The SMILES string of the molecule is Nc1cccc(C(=O)O)c1CN1CCCC1. The molecule has 4 heteroatoms. The Kier molecular flexibility index (Phi) is 3.10. The van der Waals surface area contributed by atoms with Gasteiger partial charge in [-0.05, 0) is 38.1 Å². The normalized spacial score (nSPS) is 16.5. The van der Waals surface area contributed by atoms with E-state index in [1.165, 1.54) is 12.8 Å². The van der Waals surface area contributed by atoms with Crippen molar-refractivity contribution in [1.29, 1.82) is 0 Å². The lowest BCUT2D eigenvalue weighted by atomic mass is 10.1. The summed E-state index contributed by atoms with van der Waals surface area (Å²) < 4.78 is 0. The zero-order chi connectivity index (χ0) is 11.5. The number of aromatic carboxylic acids is 1. The maximum Gasteiger partial charge on any atom is 0.336 e. The van der Waals surface area contributed by atoms with Gasteiger partial charge in [0, 0.05) is 17.8 Å². The highest BCUT2D eigenvalue weighted by molar-refractivity contribution is 5.91. The molecule has 3 N–H and O–H groups in total. The van der Waals surface area contributed by atoms with Crippen molar-refractivity contribution in [3.05, 3.63) is 29.3 Å². The average molecular weight is 220 g/mol. The monoisotopic (exact) mass is 220 g/mol. The van der Waals surface area contributed by atoms with Crippen molar-refractivity contribution in [3.63, 3.8) is 0 Å².